The van der Waals surface area contributed by atoms with Gasteiger partial charge in [0.15, 0.2) is 0 Å². The normalized spacial score (nSPS) is 13.9. The van der Waals surface area contributed by atoms with E-state index in [4.69, 9.17) is 0 Å². The molecule has 0 saturated carbocycles. The highest BCUT2D eigenvalue weighted by atomic mass is 16.2. The lowest BCUT2D eigenvalue weighted by Gasteiger charge is -2.37. The number of amides is 1. The van der Waals surface area contributed by atoms with Crippen LogP contribution in [0.4, 0.5) is 11.4 Å². The van der Waals surface area contributed by atoms with E-state index in [0.717, 1.165) is 38.4 Å². The minimum absolute atomic E-state index is 0.192. The number of carbonyl (C=O) groups is 1. The highest BCUT2D eigenvalue weighted by Crippen LogP contribution is 2.19. The largest absolute Gasteiger partial charge is 0.368 e. The first kappa shape index (κ1) is 19.1. The van der Waals surface area contributed by atoms with E-state index in [2.05, 4.69) is 58.3 Å². The molecule has 1 aliphatic rings. The van der Waals surface area contributed by atoms with Crippen LogP contribution in [0.5, 0.6) is 0 Å². The van der Waals surface area contributed by atoms with Crippen LogP contribution in [0.3, 0.4) is 0 Å². The molecular weight excluding hydrogens is 358 g/mol. The van der Waals surface area contributed by atoms with Gasteiger partial charge in [0, 0.05) is 44.1 Å². The number of nitrogens with zero attached hydrogens (tertiary/aromatic N) is 3. The molecule has 0 aromatic heterocycles. The van der Waals surface area contributed by atoms with Gasteiger partial charge in [-0.05, 0) is 29.8 Å². The molecule has 1 fully saturated rings. The third kappa shape index (κ3) is 4.96. The van der Waals surface area contributed by atoms with E-state index < -0.39 is 0 Å². The van der Waals surface area contributed by atoms with Gasteiger partial charge in [0.1, 0.15) is 0 Å². The van der Waals surface area contributed by atoms with Crippen LogP contribution < -0.4 is 9.80 Å². The minimum Gasteiger partial charge on any atom is -0.368 e. The Kier molecular flexibility index (Phi) is 6.10. The molecule has 4 rings (SSSR count). The Morgan fingerprint density at radius 1 is 0.724 bits per heavy atom. The number of piperazine rings is 1. The van der Waals surface area contributed by atoms with Crippen LogP contribution >= 0.6 is 0 Å². The summed E-state index contributed by atoms with van der Waals surface area (Å²) in [5, 5.41) is 0. The maximum absolute atomic E-state index is 13.1. The molecule has 0 spiro atoms. The molecule has 4 nitrogen and oxygen atoms in total. The van der Waals surface area contributed by atoms with Crippen molar-refractivity contribution in [2.45, 2.75) is 6.54 Å². The maximum atomic E-state index is 13.1. The standard InChI is InChI=1S/C25H27N3O/c29-25(27-18-16-26(17-19-27)23-12-6-2-7-13-23)21-28(24-14-8-3-9-15-24)20-22-10-4-1-5-11-22/h1-15H,16-21H2. The molecule has 1 amide bonds. The summed E-state index contributed by atoms with van der Waals surface area (Å²) in [6.07, 6.45) is 0. The Morgan fingerprint density at radius 2 is 1.28 bits per heavy atom. The Morgan fingerprint density at radius 3 is 1.90 bits per heavy atom. The molecule has 1 saturated heterocycles. The van der Waals surface area contributed by atoms with Crippen LogP contribution in [0, 0.1) is 0 Å². The second-order valence-electron chi connectivity index (χ2n) is 7.38. The average Bonchev–Trinajstić information content (AvgIpc) is 2.80. The fourth-order valence-corrected chi connectivity index (χ4v) is 3.80. The zero-order chi connectivity index (χ0) is 19.9. The van der Waals surface area contributed by atoms with Gasteiger partial charge < -0.3 is 14.7 Å². The minimum atomic E-state index is 0.192. The Balaban J connectivity index is 1.40. The lowest BCUT2D eigenvalue weighted by molar-refractivity contribution is -0.130. The predicted octanol–water partition coefficient (Wildman–Crippen LogP) is 4.04. The summed E-state index contributed by atoms with van der Waals surface area (Å²) in [5.41, 5.74) is 3.51. The van der Waals surface area contributed by atoms with E-state index in [1.165, 1.54) is 11.3 Å². The van der Waals surface area contributed by atoms with Gasteiger partial charge in [-0.25, -0.2) is 0 Å². The monoisotopic (exact) mass is 385 g/mol. The van der Waals surface area contributed by atoms with Crippen molar-refractivity contribution in [3.63, 3.8) is 0 Å². The molecule has 3 aromatic rings. The van der Waals surface area contributed by atoms with E-state index in [0.29, 0.717) is 6.54 Å². The smallest absolute Gasteiger partial charge is 0.242 e. The number of para-hydroxylation sites is 2. The van der Waals surface area contributed by atoms with Crippen LogP contribution in [0.25, 0.3) is 0 Å². The van der Waals surface area contributed by atoms with Crippen LogP contribution in [-0.4, -0.2) is 43.5 Å². The van der Waals surface area contributed by atoms with Crippen LogP contribution in [0.2, 0.25) is 0 Å². The molecule has 0 bridgehead atoms. The van der Waals surface area contributed by atoms with Crippen LogP contribution in [0.1, 0.15) is 5.56 Å². The lowest BCUT2D eigenvalue weighted by Crippen LogP contribution is -2.51. The van der Waals surface area contributed by atoms with Crippen LogP contribution in [-0.2, 0) is 11.3 Å². The number of hydrogen-bond acceptors (Lipinski definition) is 3. The molecular formula is C25H27N3O. The van der Waals surface area contributed by atoms with Gasteiger partial charge in [-0.1, -0.05) is 66.7 Å². The first-order chi connectivity index (χ1) is 14.3. The summed E-state index contributed by atoms with van der Waals surface area (Å²) in [6, 6.07) is 31.0. The van der Waals surface area contributed by atoms with E-state index in [1.54, 1.807) is 0 Å². The van der Waals surface area contributed by atoms with Gasteiger partial charge >= 0.3 is 0 Å². The highest BCUT2D eigenvalue weighted by Gasteiger charge is 2.23. The molecule has 1 heterocycles. The summed E-state index contributed by atoms with van der Waals surface area (Å²) in [6.45, 7) is 4.40. The number of anilines is 2. The van der Waals surface area contributed by atoms with Gasteiger partial charge in [-0.3, -0.25) is 4.79 Å². The number of rotatable bonds is 6. The fraction of sp³-hybridized carbons (Fsp3) is 0.240. The van der Waals surface area contributed by atoms with Crippen molar-refractivity contribution in [1.82, 2.24) is 4.90 Å². The highest BCUT2D eigenvalue weighted by molar-refractivity contribution is 5.81. The number of benzene rings is 3. The summed E-state index contributed by atoms with van der Waals surface area (Å²) in [7, 11) is 0. The molecule has 0 aliphatic carbocycles. The molecule has 0 N–H and O–H groups in total. The van der Waals surface area contributed by atoms with Crippen LogP contribution in [0.15, 0.2) is 91.0 Å². The molecule has 0 unspecified atom stereocenters. The number of carbonyl (C=O) groups excluding carboxylic acids is 1. The SMILES string of the molecule is O=C(CN(Cc1ccccc1)c1ccccc1)N1CCN(c2ccccc2)CC1. The molecule has 148 valence electrons. The van der Waals surface area contributed by atoms with Crippen molar-refractivity contribution in [1.29, 1.82) is 0 Å². The number of hydrogen-bond donors (Lipinski definition) is 0. The van der Waals surface area contributed by atoms with Crippen molar-refractivity contribution in [2.24, 2.45) is 0 Å². The molecule has 4 heteroatoms. The first-order valence-corrected chi connectivity index (χ1v) is 10.2. The zero-order valence-electron chi connectivity index (χ0n) is 16.7. The van der Waals surface area contributed by atoms with Crippen molar-refractivity contribution in [2.75, 3.05) is 42.5 Å². The third-order valence-corrected chi connectivity index (χ3v) is 5.42. The van der Waals surface area contributed by atoms with Gasteiger partial charge in [0.05, 0.1) is 6.54 Å². The summed E-state index contributed by atoms with van der Waals surface area (Å²) >= 11 is 0. The van der Waals surface area contributed by atoms with E-state index in [1.807, 2.05) is 47.4 Å². The second kappa shape index (κ2) is 9.28. The Bertz CT molecular complexity index is 891. The van der Waals surface area contributed by atoms with E-state index in [-0.39, 0.29) is 5.91 Å². The van der Waals surface area contributed by atoms with Gasteiger partial charge in [-0.15, -0.1) is 0 Å². The molecule has 3 aromatic carbocycles. The summed E-state index contributed by atoms with van der Waals surface area (Å²) < 4.78 is 0. The molecule has 0 radical (unpaired) electrons. The zero-order valence-corrected chi connectivity index (χ0v) is 16.7. The lowest BCUT2D eigenvalue weighted by atomic mass is 10.2. The van der Waals surface area contributed by atoms with Gasteiger partial charge in [-0.2, -0.15) is 0 Å². The summed E-state index contributed by atoms with van der Waals surface area (Å²) in [4.78, 5) is 19.6. The molecule has 1 aliphatic heterocycles. The average molecular weight is 386 g/mol. The van der Waals surface area contributed by atoms with Crippen molar-refractivity contribution in [3.8, 4) is 0 Å². The molecule has 29 heavy (non-hydrogen) atoms. The molecule has 0 atom stereocenters. The summed E-state index contributed by atoms with van der Waals surface area (Å²) in [5.74, 6) is 0.192. The predicted molar refractivity (Wildman–Crippen MR) is 119 cm³/mol. The van der Waals surface area contributed by atoms with Crippen molar-refractivity contribution in [3.05, 3.63) is 96.6 Å². The Hall–Kier alpha value is -3.27. The maximum Gasteiger partial charge on any atom is 0.242 e. The fourth-order valence-electron chi connectivity index (χ4n) is 3.80. The second-order valence-corrected chi connectivity index (χ2v) is 7.38. The quantitative estimate of drug-likeness (QED) is 0.641. The van der Waals surface area contributed by atoms with E-state index >= 15 is 0 Å². The van der Waals surface area contributed by atoms with Crippen molar-refractivity contribution >= 4 is 17.3 Å². The Labute approximate surface area is 173 Å². The first-order valence-electron chi connectivity index (χ1n) is 10.2. The topological polar surface area (TPSA) is 26.8 Å². The third-order valence-electron chi connectivity index (χ3n) is 5.42. The van der Waals surface area contributed by atoms with Crippen molar-refractivity contribution < 1.29 is 4.79 Å². The van der Waals surface area contributed by atoms with E-state index in [9.17, 15) is 4.79 Å². The van der Waals surface area contributed by atoms with Gasteiger partial charge in [0.2, 0.25) is 5.91 Å². The van der Waals surface area contributed by atoms with Gasteiger partial charge in [0.25, 0.3) is 0 Å².